The average Bonchev–Trinajstić information content (AvgIpc) is 2.40. The molecule has 3 nitrogen and oxygen atoms in total. The highest BCUT2D eigenvalue weighted by atomic mass is 16.5. The van der Waals surface area contributed by atoms with Crippen molar-refractivity contribution >= 4 is 11.6 Å². The molecule has 3 heteroatoms. The second kappa shape index (κ2) is 6.44. The van der Waals surface area contributed by atoms with Crippen molar-refractivity contribution in [1.29, 1.82) is 0 Å². The molecule has 0 saturated carbocycles. The van der Waals surface area contributed by atoms with Gasteiger partial charge in [-0.15, -0.1) is 0 Å². The maximum atomic E-state index is 12.3. The quantitative estimate of drug-likeness (QED) is 0.906. The lowest BCUT2D eigenvalue weighted by molar-refractivity contribution is 0.102. The maximum absolute atomic E-state index is 12.3. The van der Waals surface area contributed by atoms with Crippen molar-refractivity contribution in [3.63, 3.8) is 0 Å². The molecule has 1 N–H and O–H groups in total. The summed E-state index contributed by atoms with van der Waals surface area (Å²) in [6, 6.07) is 13.2. The number of anilines is 1. The van der Waals surface area contributed by atoms with Gasteiger partial charge in [-0.05, 0) is 63.6 Å². The Morgan fingerprint density at radius 3 is 2.29 bits per heavy atom. The summed E-state index contributed by atoms with van der Waals surface area (Å²) in [7, 11) is 0. The summed E-state index contributed by atoms with van der Waals surface area (Å²) in [5, 5.41) is 2.90. The van der Waals surface area contributed by atoms with Crippen molar-refractivity contribution in [1.82, 2.24) is 0 Å². The van der Waals surface area contributed by atoms with Crippen LogP contribution in [0.3, 0.4) is 0 Å². The van der Waals surface area contributed by atoms with Crippen LogP contribution >= 0.6 is 0 Å². The van der Waals surface area contributed by atoms with E-state index < -0.39 is 0 Å². The molecule has 110 valence electrons. The van der Waals surface area contributed by atoms with Crippen LogP contribution in [0, 0.1) is 13.8 Å². The first kappa shape index (κ1) is 15.1. The Bertz CT molecular complexity index is 630. The summed E-state index contributed by atoms with van der Waals surface area (Å²) in [6.07, 6.45) is 0.139. The van der Waals surface area contributed by atoms with Gasteiger partial charge in [-0.2, -0.15) is 0 Å². The first-order chi connectivity index (χ1) is 9.95. The second-order valence-corrected chi connectivity index (χ2v) is 5.46. The first-order valence-corrected chi connectivity index (χ1v) is 7.11. The zero-order valence-corrected chi connectivity index (χ0v) is 12.9. The molecule has 21 heavy (non-hydrogen) atoms. The lowest BCUT2D eigenvalue weighted by Gasteiger charge is -2.11. The van der Waals surface area contributed by atoms with Crippen LogP contribution in [0.5, 0.6) is 5.75 Å². The Hall–Kier alpha value is -2.29. The van der Waals surface area contributed by atoms with E-state index in [0.717, 1.165) is 22.6 Å². The van der Waals surface area contributed by atoms with Gasteiger partial charge in [0, 0.05) is 11.3 Å². The van der Waals surface area contributed by atoms with Gasteiger partial charge in [-0.25, -0.2) is 0 Å². The SMILES string of the molecule is Cc1ccc(C(=O)Nc2ccc(OC(C)C)cc2)c(C)c1. The molecule has 0 atom stereocenters. The maximum Gasteiger partial charge on any atom is 0.255 e. The number of hydrogen-bond donors (Lipinski definition) is 1. The van der Waals surface area contributed by atoms with Crippen LogP contribution in [0.15, 0.2) is 42.5 Å². The van der Waals surface area contributed by atoms with Crippen molar-refractivity contribution in [3.8, 4) is 5.75 Å². The van der Waals surface area contributed by atoms with Crippen LogP contribution in [0.2, 0.25) is 0 Å². The number of hydrogen-bond acceptors (Lipinski definition) is 2. The molecule has 0 aromatic heterocycles. The standard InChI is InChI=1S/C18H21NO2/c1-12(2)21-16-8-6-15(7-9-16)19-18(20)17-10-5-13(3)11-14(17)4/h5-12H,1-4H3,(H,19,20). The molecule has 0 spiro atoms. The third-order valence-corrected chi connectivity index (χ3v) is 3.11. The number of nitrogens with one attached hydrogen (secondary N) is 1. The fourth-order valence-electron chi connectivity index (χ4n) is 2.16. The van der Waals surface area contributed by atoms with Crippen LogP contribution in [0.1, 0.15) is 35.3 Å². The topological polar surface area (TPSA) is 38.3 Å². The summed E-state index contributed by atoms with van der Waals surface area (Å²) in [6.45, 7) is 7.93. The predicted molar refractivity (Wildman–Crippen MR) is 86.1 cm³/mol. The Labute approximate surface area is 126 Å². The van der Waals surface area contributed by atoms with E-state index in [-0.39, 0.29) is 12.0 Å². The van der Waals surface area contributed by atoms with Gasteiger partial charge in [-0.1, -0.05) is 17.7 Å². The van der Waals surface area contributed by atoms with Crippen molar-refractivity contribution in [2.75, 3.05) is 5.32 Å². The van der Waals surface area contributed by atoms with Crippen LogP contribution < -0.4 is 10.1 Å². The normalized spacial score (nSPS) is 10.5. The number of benzene rings is 2. The van der Waals surface area contributed by atoms with Crippen LogP contribution in [-0.2, 0) is 0 Å². The summed E-state index contributed by atoms with van der Waals surface area (Å²) in [5.41, 5.74) is 3.59. The molecule has 2 rings (SSSR count). The van der Waals surface area contributed by atoms with E-state index in [9.17, 15) is 4.79 Å². The van der Waals surface area contributed by atoms with Gasteiger partial charge in [0.1, 0.15) is 5.75 Å². The van der Waals surface area contributed by atoms with Gasteiger partial charge < -0.3 is 10.1 Å². The number of amides is 1. The Balaban J connectivity index is 2.08. The largest absolute Gasteiger partial charge is 0.491 e. The highest BCUT2D eigenvalue weighted by Crippen LogP contribution is 2.18. The number of carbonyl (C=O) groups excluding carboxylic acids is 1. The van der Waals surface area contributed by atoms with Crippen LogP contribution in [-0.4, -0.2) is 12.0 Å². The molecule has 2 aromatic carbocycles. The molecular formula is C18H21NO2. The Kier molecular flexibility index (Phi) is 4.63. The van der Waals surface area contributed by atoms with Crippen molar-refractivity contribution < 1.29 is 9.53 Å². The molecule has 0 radical (unpaired) electrons. The average molecular weight is 283 g/mol. The van der Waals surface area contributed by atoms with E-state index in [1.54, 1.807) is 0 Å². The summed E-state index contributed by atoms with van der Waals surface area (Å²) >= 11 is 0. The van der Waals surface area contributed by atoms with Gasteiger partial charge in [0.05, 0.1) is 6.10 Å². The van der Waals surface area contributed by atoms with E-state index in [1.165, 1.54) is 0 Å². The summed E-state index contributed by atoms with van der Waals surface area (Å²) in [4.78, 5) is 12.3. The fraction of sp³-hybridized carbons (Fsp3) is 0.278. The van der Waals surface area contributed by atoms with Gasteiger partial charge >= 0.3 is 0 Å². The monoisotopic (exact) mass is 283 g/mol. The third kappa shape index (κ3) is 4.09. The second-order valence-electron chi connectivity index (χ2n) is 5.46. The molecule has 2 aromatic rings. The molecular weight excluding hydrogens is 262 g/mol. The minimum atomic E-state index is -0.0926. The van der Waals surface area contributed by atoms with E-state index in [1.807, 2.05) is 70.2 Å². The molecule has 0 heterocycles. The van der Waals surface area contributed by atoms with Crippen LogP contribution in [0.4, 0.5) is 5.69 Å². The molecule has 0 aliphatic rings. The third-order valence-electron chi connectivity index (χ3n) is 3.11. The molecule has 0 aliphatic carbocycles. The van der Waals surface area contributed by atoms with E-state index >= 15 is 0 Å². The predicted octanol–water partition coefficient (Wildman–Crippen LogP) is 4.34. The van der Waals surface area contributed by atoms with Crippen molar-refractivity contribution in [2.24, 2.45) is 0 Å². The van der Waals surface area contributed by atoms with Crippen molar-refractivity contribution in [3.05, 3.63) is 59.2 Å². The van der Waals surface area contributed by atoms with Gasteiger partial charge in [-0.3, -0.25) is 4.79 Å². The van der Waals surface area contributed by atoms with E-state index in [4.69, 9.17) is 4.74 Å². The zero-order chi connectivity index (χ0) is 15.4. The van der Waals surface area contributed by atoms with Crippen molar-refractivity contribution in [2.45, 2.75) is 33.8 Å². The molecule has 0 unspecified atom stereocenters. The fourth-order valence-corrected chi connectivity index (χ4v) is 2.16. The lowest BCUT2D eigenvalue weighted by Crippen LogP contribution is -2.13. The minimum absolute atomic E-state index is 0.0926. The number of ether oxygens (including phenoxy) is 1. The smallest absolute Gasteiger partial charge is 0.255 e. The lowest BCUT2D eigenvalue weighted by atomic mass is 10.1. The van der Waals surface area contributed by atoms with Gasteiger partial charge in [0.15, 0.2) is 0 Å². The molecule has 0 bridgehead atoms. The number of rotatable bonds is 4. The molecule has 0 fully saturated rings. The Morgan fingerprint density at radius 2 is 1.71 bits per heavy atom. The molecule has 1 amide bonds. The summed E-state index contributed by atoms with van der Waals surface area (Å²) in [5.74, 6) is 0.708. The zero-order valence-electron chi connectivity index (χ0n) is 12.9. The van der Waals surface area contributed by atoms with E-state index in [0.29, 0.717) is 5.56 Å². The number of aryl methyl sites for hydroxylation is 2. The molecule has 0 aliphatic heterocycles. The molecule has 0 saturated heterocycles. The summed E-state index contributed by atoms with van der Waals surface area (Å²) < 4.78 is 5.58. The van der Waals surface area contributed by atoms with E-state index in [2.05, 4.69) is 5.32 Å². The Morgan fingerprint density at radius 1 is 1.05 bits per heavy atom. The van der Waals surface area contributed by atoms with Gasteiger partial charge in [0.25, 0.3) is 5.91 Å². The van der Waals surface area contributed by atoms with Gasteiger partial charge in [0.2, 0.25) is 0 Å². The highest BCUT2D eigenvalue weighted by Gasteiger charge is 2.09. The minimum Gasteiger partial charge on any atom is -0.491 e. The highest BCUT2D eigenvalue weighted by molar-refractivity contribution is 6.05. The first-order valence-electron chi connectivity index (χ1n) is 7.11. The van der Waals surface area contributed by atoms with Crippen LogP contribution in [0.25, 0.3) is 0 Å². The number of carbonyl (C=O) groups is 1.